The predicted molar refractivity (Wildman–Crippen MR) is 67.3 cm³/mol. The third kappa shape index (κ3) is 2.22. The van der Waals surface area contributed by atoms with Crippen molar-refractivity contribution in [2.24, 2.45) is 10.4 Å². The van der Waals surface area contributed by atoms with Gasteiger partial charge in [-0.3, -0.25) is 4.79 Å². The van der Waals surface area contributed by atoms with Crippen LogP contribution in [0.5, 0.6) is 0 Å². The molecule has 0 spiro atoms. The Balaban J connectivity index is 2.31. The fourth-order valence-electron chi connectivity index (χ4n) is 1.33. The molecule has 1 aliphatic rings. The van der Waals surface area contributed by atoms with Gasteiger partial charge in [-0.05, 0) is 17.5 Å². The average Bonchev–Trinajstić information content (AvgIpc) is 2.76. The number of carbonyl (C=O) groups is 1. The fourth-order valence-corrected chi connectivity index (χ4v) is 1.98. The highest BCUT2D eigenvalue weighted by Crippen LogP contribution is 2.22. The molecule has 1 aromatic heterocycles. The maximum absolute atomic E-state index is 11.7. The van der Waals surface area contributed by atoms with E-state index in [2.05, 4.69) is 10.3 Å². The summed E-state index contributed by atoms with van der Waals surface area (Å²) in [4.78, 5) is 17.1. The minimum absolute atomic E-state index is 0.113. The smallest absolute Gasteiger partial charge is 0.275 e. The van der Waals surface area contributed by atoms with Crippen molar-refractivity contribution >= 4 is 29.2 Å². The highest BCUT2D eigenvalue weighted by Gasteiger charge is 2.28. The zero-order valence-electron chi connectivity index (χ0n) is 9.57. The summed E-state index contributed by atoms with van der Waals surface area (Å²) in [6.07, 6.45) is 1.82. The van der Waals surface area contributed by atoms with E-state index >= 15 is 0 Å². The second-order valence-corrected chi connectivity index (χ2v) is 5.69. The van der Waals surface area contributed by atoms with Crippen LogP contribution in [0.3, 0.4) is 0 Å². The topological polar surface area (TPSA) is 41.5 Å². The van der Waals surface area contributed by atoms with E-state index in [0.717, 1.165) is 10.7 Å². The molecule has 0 aromatic carbocycles. The minimum Gasteiger partial charge on any atom is -0.308 e. The molecule has 4 heteroatoms. The van der Waals surface area contributed by atoms with Crippen molar-refractivity contribution < 1.29 is 4.79 Å². The fraction of sp³-hybridized carbons (Fsp3) is 0.333. The molecule has 0 atom stereocenters. The Morgan fingerprint density at radius 3 is 2.69 bits per heavy atom. The van der Waals surface area contributed by atoms with Gasteiger partial charge >= 0.3 is 0 Å². The Kier molecular flexibility index (Phi) is 2.68. The molecular formula is C12H14N2OS. The molecule has 0 aliphatic carbocycles. The lowest BCUT2D eigenvalue weighted by atomic mass is 9.95. The van der Waals surface area contributed by atoms with Crippen LogP contribution in [0.1, 0.15) is 25.6 Å². The van der Waals surface area contributed by atoms with Crippen molar-refractivity contribution in [3.05, 3.63) is 28.1 Å². The van der Waals surface area contributed by atoms with Crippen molar-refractivity contribution in [3.63, 3.8) is 0 Å². The molecule has 16 heavy (non-hydrogen) atoms. The first-order chi connectivity index (χ1) is 7.47. The first-order valence-corrected chi connectivity index (χ1v) is 6.00. The molecule has 1 aromatic rings. The Bertz CT molecular complexity index is 464. The summed E-state index contributed by atoms with van der Waals surface area (Å²) in [7, 11) is 0. The minimum atomic E-state index is -0.124. The van der Waals surface area contributed by atoms with Crippen molar-refractivity contribution in [1.82, 2.24) is 5.32 Å². The second kappa shape index (κ2) is 3.87. The lowest BCUT2D eigenvalue weighted by molar-refractivity contribution is -0.115. The van der Waals surface area contributed by atoms with Crippen LogP contribution in [0.25, 0.3) is 6.08 Å². The maximum atomic E-state index is 11.7. The number of amides is 1. The van der Waals surface area contributed by atoms with E-state index in [0.29, 0.717) is 5.70 Å². The molecule has 2 heterocycles. The Morgan fingerprint density at radius 1 is 1.44 bits per heavy atom. The van der Waals surface area contributed by atoms with Gasteiger partial charge in [0.25, 0.3) is 5.91 Å². The summed E-state index contributed by atoms with van der Waals surface area (Å²) in [5, 5.41) is 4.78. The molecule has 0 bridgehead atoms. The number of nitrogens with one attached hydrogen (secondary N) is 1. The van der Waals surface area contributed by atoms with E-state index in [1.165, 1.54) is 0 Å². The van der Waals surface area contributed by atoms with Gasteiger partial charge in [0.05, 0.1) is 0 Å². The first-order valence-electron chi connectivity index (χ1n) is 5.12. The van der Waals surface area contributed by atoms with Gasteiger partial charge in [0.2, 0.25) is 0 Å². The number of hydrogen-bond acceptors (Lipinski definition) is 3. The van der Waals surface area contributed by atoms with Gasteiger partial charge in [-0.2, -0.15) is 0 Å². The Hall–Kier alpha value is -1.42. The van der Waals surface area contributed by atoms with Crippen molar-refractivity contribution in [3.8, 4) is 0 Å². The van der Waals surface area contributed by atoms with Gasteiger partial charge in [-0.25, -0.2) is 4.99 Å². The van der Waals surface area contributed by atoms with Crippen LogP contribution in [0, 0.1) is 5.41 Å². The monoisotopic (exact) mass is 234 g/mol. The van der Waals surface area contributed by atoms with Crippen molar-refractivity contribution in [2.45, 2.75) is 20.8 Å². The quantitative estimate of drug-likeness (QED) is 0.746. The van der Waals surface area contributed by atoms with Crippen LogP contribution in [-0.2, 0) is 4.79 Å². The number of nitrogens with zero attached hydrogens (tertiary/aromatic N) is 1. The van der Waals surface area contributed by atoms with E-state index in [-0.39, 0.29) is 11.3 Å². The molecule has 0 saturated carbocycles. The number of aliphatic imine (C=N–C) groups is 1. The van der Waals surface area contributed by atoms with E-state index in [9.17, 15) is 4.79 Å². The summed E-state index contributed by atoms with van der Waals surface area (Å²) in [6, 6.07) is 3.92. The summed E-state index contributed by atoms with van der Waals surface area (Å²) >= 11 is 1.59. The van der Waals surface area contributed by atoms with Crippen LogP contribution in [0.15, 0.2) is 28.2 Å². The predicted octanol–water partition coefficient (Wildman–Crippen LogP) is 2.66. The zero-order valence-corrected chi connectivity index (χ0v) is 10.4. The van der Waals surface area contributed by atoms with E-state index < -0.39 is 0 Å². The molecule has 84 valence electrons. The molecule has 0 saturated heterocycles. The molecule has 0 unspecified atom stereocenters. The number of thiophene rings is 1. The van der Waals surface area contributed by atoms with E-state index in [4.69, 9.17) is 0 Å². The van der Waals surface area contributed by atoms with Gasteiger partial charge in [0.1, 0.15) is 11.5 Å². The third-order valence-corrected chi connectivity index (χ3v) is 3.05. The number of amidine groups is 1. The molecule has 3 nitrogen and oxygen atoms in total. The van der Waals surface area contributed by atoms with Gasteiger partial charge in [0, 0.05) is 10.3 Å². The van der Waals surface area contributed by atoms with E-state index in [1.54, 1.807) is 11.3 Å². The van der Waals surface area contributed by atoms with Gasteiger partial charge in [-0.15, -0.1) is 11.3 Å². The SMILES string of the molecule is CC(C)(C)C1=N/C(=C/c2cccs2)C(=O)N1. The standard InChI is InChI=1S/C12H14N2OS/c1-12(2,3)11-13-9(10(15)14-11)7-8-5-4-6-16-8/h4-7H,1-3H3,(H,13,14,15)/b9-7+. The Labute approximate surface area is 98.9 Å². The number of carbonyl (C=O) groups excluding carboxylic acids is 1. The largest absolute Gasteiger partial charge is 0.308 e. The summed E-state index contributed by atoms with van der Waals surface area (Å²) < 4.78 is 0. The highest BCUT2D eigenvalue weighted by atomic mass is 32.1. The summed E-state index contributed by atoms with van der Waals surface area (Å²) in [6.45, 7) is 6.08. The van der Waals surface area contributed by atoms with Crippen LogP contribution in [0.4, 0.5) is 0 Å². The Morgan fingerprint density at radius 2 is 2.19 bits per heavy atom. The van der Waals surface area contributed by atoms with E-state index in [1.807, 2.05) is 44.4 Å². The second-order valence-electron chi connectivity index (χ2n) is 4.71. The van der Waals surface area contributed by atoms with Crippen LogP contribution >= 0.6 is 11.3 Å². The molecule has 0 radical (unpaired) electrons. The van der Waals surface area contributed by atoms with Crippen LogP contribution < -0.4 is 5.32 Å². The first kappa shape index (κ1) is 11.1. The molecule has 2 rings (SSSR count). The summed E-state index contributed by atoms with van der Waals surface area (Å²) in [5.41, 5.74) is 0.369. The summed E-state index contributed by atoms with van der Waals surface area (Å²) in [5.74, 6) is 0.624. The van der Waals surface area contributed by atoms with Crippen LogP contribution in [-0.4, -0.2) is 11.7 Å². The number of rotatable bonds is 1. The van der Waals surface area contributed by atoms with Gasteiger partial charge < -0.3 is 5.32 Å². The van der Waals surface area contributed by atoms with Gasteiger partial charge in [-0.1, -0.05) is 26.8 Å². The number of hydrogen-bond donors (Lipinski definition) is 1. The lowest BCUT2D eigenvalue weighted by Gasteiger charge is -2.16. The highest BCUT2D eigenvalue weighted by molar-refractivity contribution is 7.10. The molecule has 0 fully saturated rings. The lowest BCUT2D eigenvalue weighted by Crippen LogP contribution is -2.34. The van der Waals surface area contributed by atoms with Gasteiger partial charge in [0.15, 0.2) is 0 Å². The maximum Gasteiger partial charge on any atom is 0.275 e. The van der Waals surface area contributed by atoms with Crippen LogP contribution in [0.2, 0.25) is 0 Å². The zero-order chi connectivity index (χ0) is 11.8. The van der Waals surface area contributed by atoms with Crippen molar-refractivity contribution in [1.29, 1.82) is 0 Å². The molecule has 1 aliphatic heterocycles. The molecule has 1 N–H and O–H groups in total. The van der Waals surface area contributed by atoms with Crippen molar-refractivity contribution in [2.75, 3.05) is 0 Å². The molecular weight excluding hydrogens is 220 g/mol. The third-order valence-electron chi connectivity index (χ3n) is 2.23. The average molecular weight is 234 g/mol. The normalized spacial score (nSPS) is 18.8. The molecule has 1 amide bonds.